The van der Waals surface area contributed by atoms with Crippen molar-refractivity contribution in [2.75, 3.05) is 0 Å². The highest BCUT2D eigenvalue weighted by Crippen LogP contribution is 2.33. The van der Waals surface area contributed by atoms with Gasteiger partial charge in [0, 0.05) is 24.7 Å². The lowest BCUT2D eigenvalue weighted by atomic mass is 9.90. The number of carbonyl (C=O) groups is 2. The van der Waals surface area contributed by atoms with Crippen LogP contribution in [0.4, 0.5) is 0 Å². The topological polar surface area (TPSA) is 94.8 Å². The summed E-state index contributed by atoms with van der Waals surface area (Å²) in [4.78, 5) is 22.5. The Bertz CT molecular complexity index is 469. The Labute approximate surface area is 150 Å². The predicted octanol–water partition coefficient (Wildman–Crippen LogP) is 3.25. The van der Waals surface area contributed by atoms with Crippen molar-refractivity contribution in [2.24, 2.45) is 11.8 Å². The van der Waals surface area contributed by atoms with E-state index in [0.29, 0.717) is 25.7 Å². The van der Waals surface area contributed by atoms with Gasteiger partial charge in [0.05, 0.1) is 12.2 Å². The van der Waals surface area contributed by atoms with Gasteiger partial charge < -0.3 is 15.3 Å². The van der Waals surface area contributed by atoms with Crippen molar-refractivity contribution in [3.63, 3.8) is 0 Å². The largest absolute Gasteiger partial charge is 0.481 e. The molecule has 0 bridgehead atoms. The van der Waals surface area contributed by atoms with Gasteiger partial charge >= 0.3 is 5.97 Å². The maximum Gasteiger partial charge on any atom is 0.303 e. The van der Waals surface area contributed by atoms with Crippen molar-refractivity contribution in [3.8, 4) is 0 Å². The molecule has 1 fully saturated rings. The fourth-order valence-corrected chi connectivity index (χ4v) is 3.22. The number of ketones is 1. The summed E-state index contributed by atoms with van der Waals surface area (Å²) in [6, 6.07) is 0. The van der Waals surface area contributed by atoms with E-state index < -0.39 is 18.2 Å². The molecule has 1 rings (SSSR count). The van der Waals surface area contributed by atoms with E-state index in [1.165, 1.54) is 0 Å². The van der Waals surface area contributed by atoms with E-state index in [4.69, 9.17) is 5.11 Å². The number of aliphatic carboxylic acids is 1. The summed E-state index contributed by atoms with van der Waals surface area (Å²) in [6.07, 6.45) is 12.1. The van der Waals surface area contributed by atoms with E-state index >= 15 is 0 Å². The Kier molecular flexibility index (Phi) is 10.3. The number of carboxylic acid groups (broad SMARTS) is 1. The van der Waals surface area contributed by atoms with Crippen molar-refractivity contribution >= 4 is 11.8 Å². The minimum atomic E-state index is -0.801. The van der Waals surface area contributed by atoms with Crippen LogP contribution in [0.25, 0.3) is 0 Å². The Morgan fingerprint density at radius 3 is 2.72 bits per heavy atom. The highest BCUT2D eigenvalue weighted by atomic mass is 16.4. The van der Waals surface area contributed by atoms with Gasteiger partial charge in [-0.25, -0.2) is 0 Å². The molecular formula is C20H32O5. The zero-order chi connectivity index (χ0) is 18.7. The van der Waals surface area contributed by atoms with Crippen LogP contribution in [0, 0.1) is 11.8 Å². The Morgan fingerprint density at radius 2 is 2.04 bits per heavy atom. The smallest absolute Gasteiger partial charge is 0.303 e. The molecular weight excluding hydrogens is 320 g/mol. The van der Waals surface area contributed by atoms with Crippen molar-refractivity contribution < 1.29 is 24.9 Å². The number of Topliss-reactive ketones (excluding diaryl/α,β-unsaturated/α-hetero) is 1. The first kappa shape index (κ1) is 21.6. The van der Waals surface area contributed by atoms with Gasteiger partial charge in [0.15, 0.2) is 0 Å². The summed E-state index contributed by atoms with van der Waals surface area (Å²) in [5.74, 6) is -1.26. The van der Waals surface area contributed by atoms with E-state index in [2.05, 4.69) is 6.92 Å². The highest BCUT2D eigenvalue weighted by molar-refractivity contribution is 5.84. The average Bonchev–Trinajstić information content (AvgIpc) is 2.82. The summed E-state index contributed by atoms with van der Waals surface area (Å²) in [6.45, 7) is 2.11. The van der Waals surface area contributed by atoms with Crippen LogP contribution in [0.2, 0.25) is 0 Å². The molecule has 0 radical (unpaired) electrons. The van der Waals surface area contributed by atoms with E-state index in [9.17, 15) is 19.8 Å². The molecule has 5 heteroatoms. The molecule has 1 aliphatic carbocycles. The quantitative estimate of drug-likeness (QED) is 0.370. The van der Waals surface area contributed by atoms with E-state index in [1.807, 2.05) is 12.2 Å². The van der Waals surface area contributed by atoms with Crippen LogP contribution in [0.5, 0.6) is 0 Å². The predicted molar refractivity (Wildman–Crippen MR) is 97.1 cm³/mol. The van der Waals surface area contributed by atoms with Crippen LogP contribution in [-0.4, -0.2) is 39.3 Å². The lowest BCUT2D eigenvalue weighted by Gasteiger charge is -2.16. The Balaban J connectivity index is 2.48. The van der Waals surface area contributed by atoms with Gasteiger partial charge in [0.2, 0.25) is 0 Å². The van der Waals surface area contributed by atoms with Crippen LogP contribution in [0.1, 0.15) is 64.7 Å². The normalized spacial score (nSPS) is 25.2. The number of carbonyl (C=O) groups excluding carboxylic acids is 1. The molecule has 1 unspecified atom stereocenters. The van der Waals surface area contributed by atoms with E-state index in [0.717, 1.165) is 19.3 Å². The lowest BCUT2D eigenvalue weighted by molar-refractivity contribution is -0.137. The van der Waals surface area contributed by atoms with Crippen LogP contribution < -0.4 is 0 Å². The van der Waals surface area contributed by atoms with Gasteiger partial charge in [-0.1, -0.05) is 50.5 Å². The molecule has 4 atom stereocenters. The number of carboxylic acids is 1. The number of hydrogen-bond donors (Lipinski definition) is 3. The highest BCUT2D eigenvalue weighted by Gasteiger charge is 2.39. The van der Waals surface area contributed by atoms with E-state index in [1.54, 1.807) is 12.2 Å². The standard InChI is InChI=1S/C20H32O5/c1-2-3-6-9-15(21)12-13-17-16(18(22)14-19(17)23)10-7-4-5-8-11-20(24)25/h4,7,12-13,15-17,19,21,23H,2-3,5-6,8-11,14H2,1H3,(H,24,25)/t15-,16-,17?,19+/m0/s1. The fourth-order valence-electron chi connectivity index (χ4n) is 3.22. The molecule has 25 heavy (non-hydrogen) atoms. The molecule has 1 aliphatic rings. The van der Waals surface area contributed by atoms with Gasteiger partial charge in [-0.3, -0.25) is 9.59 Å². The average molecular weight is 352 g/mol. The van der Waals surface area contributed by atoms with Gasteiger partial charge in [0.1, 0.15) is 5.78 Å². The second kappa shape index (κ2) is 12.0. The number of unbranched alkanes of at least 4 members (excludes halogenated alkanes) is 3. The lowest BCUT2D eigenvalue weighted by Crippen LogP contribution is -2.18. The van der Waals surface area contributed by atoms with Gasteiger partial charge in [-0.05, 0) is 25.7 Å². The van der Waals surface area contributed by atoms with Crippen molar-refractivity contribution in [1.29, 1.82) is 0 Å². The molecule has 0 aromatic carbocycles. The Morgan fingerprint density at radius 1 is 1.28 bits per heavy atom. The molecule has 0 heterocycles. The van der Waals surface area contributed by atoms with Gasteiger partial charge in [-0.15, -0.1) is 0 Å². The molecule has 5 nitrogen and oxygen atoms in total. The summed E-state index contributed by atoms with van der Waals surface area (Å²) in [7, 11) is 0. The zero-order valence-electron chi connectivity index (χ0n) is 15.1. The number of hydrogen-bond acceptors (Lipinski definition) is 4. The molecule has 3 N–H and O–H groups in total. The molecule has 0 spiro atoms. The third-order valence-corrected chi connectivity index (χ3v) is 4.71. The first-order valence-corrected chi connectivity index (χ1v) is 9.39. The zero-order valence-corrected chi connectivity index (χ0v) is 15.1. The second-order valence-corrected chi connectivity index (χ2v) is 6.86. The van der Waals surface area contributed by atoms with Crippen molar-refractivity contribution in [1.82, 2.24) is 0 Å². The molecule has 142 valence electrons. The maximum atomic E-state index is 12.1. The summed E-state index contributed by atoms with van der Waals surface area (Å²) >= 11 is 0. The molecule has 1 saturated carbocycles. The second-order valence-electron chi connectivity index (χ2n) is 6.86. The van der Waals surface area contributed by atoms with Crippen molar-refractivity contribution in [3.05, 3.63) is 24.3 Å². The summed E-state index contributed by atoms with van der Waals surface area (Å²) in [5.41, 5.74) is 0. The van der Waals surface area contributed by atoms with Crippen LogP contribution in [0.15, 0.2) is 24.3 Å². The van der Waals surface area contributed by atoms with Crippen LogP contribution in [0.3, 0.4) is 0 Å². The SMILES string of the molecule is CCCCC[C@H](O)C=CC1[C@H](O)CC(=O)[C@H]1CC=CCCCC(=O)O. The summed E-state index contributed by atoms with van der Waals surface area (Å²) in [5, 5.41) is 28.7. The minimum Gasteiger partial charge on any atom is -0.481 e. The van der Waals surface area contributed by atoms with Crippen LogP contribution >= 0.6 is 0 Å². The van der Waals surface area contributed by atoms with Gasteiger partial charge in [0.25, 0.3) is 0 Å². The number of aliphatic hydroxyl groups excluding tert-OH is 2. The molecule has 0 aromatic rings. The van der Waals surface area contributed by atoms with Crippen LogP contribution in [-0.2, 0) is 9.59 Å². The number of allylic oxidation sites excluding steroid dienone is 2. The fraction of sp³-hybridized carbons (Fsp3) is 0.700. The van der Waals surface area contributed by atoms with E-state index in [-0.39, 0.29) is 30.5 Å². The third kappa shape index (κ3) is 8.45. The molecule has 0 aliphatic heterocycles. The number of rotatable bonds is 12. The monoisotopic (exact) mass is 352 g/mol. The third-order valence-electron chi connectivity index (χ3n) is 4.71. The molecule has 0 saturated heterocycles. The first-order chi connectivity index (χ1) is 12.0. The molecule has 0 aromatic heterocycles. The first-order valence-electron chi connectivity index (χ1n) is 9.39. The summed E-state index contributed by atoms with van der Waals surface area (Å²) < 4.78 is 0. The number of aliphatic hydroxyl groups is 2. The molecule has 0 amide bonds. The minimum absolute atomic E-state index is 0.0535. The van der Waals surface area contributed by atoms with Gasteiger partial charge in [-0.2, -0.15) is 0 Å². The maximum absolute atomic E-state index is 12.1. The van der Waals surface area contributed by atoms with Crippen molar-refractivity contribution in [2.45, 2.75) is 76.9 Å². The Hall–Kier alpha value is -1.46.